The number of piperazine rings is 1. The van der Waals surface area contributed by atoms with Crippen LogP contribution in [0.5, 0.6) is 0 Å². The number of nitrogens with zero attached hydrogens (tertiary/aromatic N) is 5. The first-order chi connectivity index (χ1) is 14.0. The number of piperidine rings is 1. The van der Waals surface area contributed by atoms with Crippen molar-refractivity contribution in [3.63, 3.8) is 0 Å². The van der Waals surface area contributed by atoms with Crippen LogP contribution in [0.2, 0.25) is 5.02 Å². The number of aryl methyl sites for hydroxylation is 1. The number of benzene rings is 1. The average Bonchev–Trinajstić information content (AvgIpc) is 2.74. The minimum atomic E-state index is -0.581. The fourth-order valence-electron chi connectivity index (χ4n) is 3.93. The Morgan fingerprint density at radius 2 is 1.72 bits per heavy atom. The predicted molar refractivity (Wildman–Crippen MR) is 112 cm³/mol. The van der Waals surface area contributed by atoms with Crippen LogP contribution in [0, 0.1) is 12.7 Å². The SMILES string of the molecule is Cc1cc(N2CCN(C(=O)c3c(F)cccc3Cl)CC2)nc(N2CCCCC2)n1. The van der Waals surface area contributed by atoms with Crippen molar-refractivity contribution >= 4 is 29.3 Å². The Balaban J connectivity index is 1.46. The van der Waals surface area contributed by atoms with Gasteiger partial charge in [0.25, 0.3) is 5.91 Å². The molecule has 0 aliphatic carbocycles. The van der Waals surface area contributed by atoms with Crippen molar-refractivity contribution in [2.45, 2.75) is 26.2 Å². The topological polar surface area (TPSA) is 52.6 Å². The van der Waals surface area contributed by atoms with Crippen LogP contribution in [0.1, 0.15) is 35.3 Å². The maximum Gasteiger partial charge on any atom is 0.258 e. The van der Waals surface area contributed by atoms with Crippen LogP contribution >= 0.6 is 11.6 Å². The molecule has 2 aliphatic heterocycles. The van der Waals surface area contributed by atoms with Gasteiger partial charge in [0, 0.05) is 51.0 Å². The smallest absolute Gasteiger partial charge is 0.258 e. The van der Waals surface area contributed by atoms with Gasteiger partial charge in [-0.05, 0) is 38.3 Å². The van der Waals surface area contributed by atoms with Gasteiger partial charge in [-0.3, -0.25) is 4.79 Å². The Morgan fingerprint density at radius 3 is 2.41 bits per heavy atom. The quantitative estimate of drug-likeness (QED) is 0.764. The highest BCUT2D eigenvalue weighted by molar-refractivity contribution is 6.33. The predicted octanol–water partition coefficient (Wildman–Crippen LogP) is 3.53. The van der Waals surface area contributed by atoms with Crippen molar-refractivity contribution in [3.8, 4) is 0 Å². The molecule has 2 aliphatic rings. The number of carbonyl (C=O) groups is 1. The van der Waals surface area contributed by atoms with E-state index in [2.05, 4.69) is 14.8 Å². The summed E-state index contributed by atoms with van der Waals surface area (Å²) in [7, 11) is 0. The van der Waals surface area contributed by atoms with Gasteiger partial charge in [0.05, 0.1) is 10.6 Å². The first kappa shape index (κ1) is 19.9. The molecule has 2 saturated heterocycles. The maximum atomic E-state index is 14.1. The molecule has 1 amide bonds. The van der Waals surface area contributed by atoms with E-state index in [1.54, 1.807) is 11.0 Å². The molecule has 0 bridgehead atoms. The molecule has 0 saturated carbocycles. The minimum Gasteiger partial charge on any atom is -0.353 e. The van der Waals surface area contributed by atoms with Crippen LogP contribution < -0.4 is 9.80 Å². The molecule has 3 heterocycles. The van der Waals surface area contributed by atoms with Crippen LogP contribution in [0.3, 0.4) is 0 Å². The third-order valence-corrected chi connectivity index (χ3v) is 5.85. The lowest BCUT2D eigenvalue weighted by atomic mass is 10.1. The average molecular weight is 418 g/mol. The molecule has 0 N–H and O–H groups in total. The lowest BCUT2D eigenvalue weighted by Crippen LogP contribution is -2.49. The van der Waals surface area contributed by atoms with Crippen LogP contribution in [0.4, 0.5) is 16.2 Å². The number of carbonyl (C=O) groups excluding carboxylic acids is 1. The van der Waals surface area contributed by atoms with Crippen molar-refractivity contribution in [1.29, 1.82) is 0 Å². The van der Waals surface area contributed by atoms with Gasteiger partial charge in [0.15, 0.2) is 0 Å². The van der Waals surface area contributed by atoms with Crippen molar-refractivity contribution in [3.05, 3.63) is 46.4 Å². The summed E-state index contributed by atoms with van der Waals surface area (Å²) < 4.78 is 14.1. The van der Waals surface area contributed by atoms with Crippen LogP contribution in [0.15, 0.2) is 24.3 Å². The second kappa shape index (κ2) is 8.53. The number of hydrogen-bond donors (Lipinski definition) is 0. The second-order valence-electron chi connectivity index (χ2n) is 7.59. The number of halogens is 2. The van der Waals surface area contributed by atoms with Gasteiger partial charge in [-0.1, -0.05) is 17.7 Å². The number of anilines is 2. The largest absolute Gasteiger partial charge is 0.353 e. The van der Waals surface area contributed by atoms with E-state index in [1.807, 2.05) is 13.0 Å². The lowest BCUT2D eigenvalue weighted by molar-refractivity contribution is 0.0742. The molecule has 154 valence electrons. The Kier molecular flexibility index (Phi) is 5.85. The first-order valence-corrected chi connectivity index (χ1v) is 10.5. The lowest BCUT2D eigenvalue weighted by Gasteiger charge is -2.36. The highest BCUT2D eigenvalue weighted by atomic mass is 35.5. The van der Waals surface area contributed by atoms with E-state index in [0.29, 0.717) is 26.2 Å². The summed E-state index contributed by atoms with van der Waals surface area (Å²) in [6.07, 6.45) is 3.61. The molecule has 4 rings (SSSR count). The number of rotatable bonds is 3. The summed E-state index contributed by atoms with van der Waals surface area (Å²) in [5.41, 5.74) is 0.889. The molecule has 0 radical (unpaired) electrons. The summed E-state index contributed by atoms with van der Waals surface area (Å²) >= 11 is 6.06. The van der Waals surface area contributed by atoms with E-state index in [4.69, 9.17) is 16.6 Å². The summed E-state index contributed by atoms with van der Waals surface area (Å²) in [4.78, 5) is 28.2. The summed E-state index contributed by atoms with van der Waals surface area (Å²) in [5, 5.41) is 0.148. The summed E-state index contributed by atoms with van der Waals surface area (Å²) in [5.74, 6) is 0.730. The standard InChI is InChI=1S/C21H25ClFN5O/c1-15-14-18(25-21(24-15)28-8-3-2-4-9-28)26-10-12-27(13-11-26)20(29)19-16(22)6-5-7-17(19)23/h5-7,14H,2-4,8-13H2,1H3. The van der Waals surface area contributed by atoms with Crippen LogP contribution in [0.25, 0.3) is 0 Å². The zero-order chi connectivity index (χ0) is 20.4. The fraction of sp³-hybridized carbons (Fsp3) is 0.476. The summed E-state index contributed by atoms with van der Waals surface area (Å²) in [6.45, 7) is 6.22. The Labute approximate surface area is 175 Å². The van der Waals surface area contributed by atoms with Gasteiger partial charge in [0.1, 0.15) is 11.6 Å². The third-order valence-electron chi connectivity index (χ3n) is 5.54. The Hall–Kier alpha value is -2.41. The van der Waals surface area contributed by atoms with Crippen LogP contribution in [-0.2, 0) is 0 Å². The molecule has 1 aromatic heterocycles. The van der Waals surface area contributed by atoms with Gasteiger partial charge in [-0.25, -0.2) is 9.37 Å². The van der Waals surface area contributed by atoms with Gasteiger partial charge < -0.3 is 14.7 Å². The van der Waals surface area contributed by atoms with E-state index in [0.717, 1.165) is 30.5 Å². The van der Waals surface area contributed by atoms with Crippen molar-refractivity contribution < 1.29 is 9.18 Å². The summed E-state index contributed by atoms with van der Waals surface area (Å²) in [6, 6.07) is 6.30. The van der Waals surface area contributed by atoms with E-state index in [9.17, 15) is 9.18 Å². The van der Waals surface area contributed by atoms with Gasteiger partial charge in [-0.2, -0.15) is 4.98 Å². The third kappa shape index (κ3) is 4.29. The van der Waals surface area contributed by atoms with Gasteiger partial charge >= 0.3 is 0 Å². The van der Waals surface area contributed by atoms with Gasteiger partial charge in [0.2, 0.25) is 5.95 Å². The monoisotopic (exact) mass is 417 g/mol. The zero-order valence-corrected chi connectivity index (χ0v) is 17.3. The van der Waals surface area contributed by atoms with Crippen molar-refractivity contribution in [2.24, 2.45) is 0 Å². The maximum absolute atomic E-state index is 14.1. The molecule has 6 nitrogen and oxygen atoms in total. The molecule has 0 spiro atoms. The number of amides is 1. The molecule has 0 atom stereocenters. The minimum absolute atomic E-state index is 0.0483. The second-order valence-corrected chi connectivity index (χ2v) is 8.00. The molecule has 2 aromatic rings. The highest BCUT2D eigenvalue weighted by Gasteiger charge is 2.27. The molecular formula is C21H25ClFN5O. The molecule has 0 unspecified atom stereocenters. The number of aromatic nitrogens is 2. The Morgan fingerprint density at radius 1 is 1.00 bits per heavy atom. The first-order valence-electron chi connectivity index (χ1n) is 10.1. The normalized spacial score (nSPS) is 17.6. The van der Waals surface area contributed by atoms with E-state index >= 15 is 0 Å². The van der Waals surface area contributed by atoms with E-state index in [-0.39, 0.29) is 16.5 Å². The van der Waals surface area contributed by atoms with Crippen LogP contribution in [-0.4, -0.2) is 60.0 Å². The molecule has 29 heavy (non-hydrogen) atoms. The molecule has 2 fully saturated rings. The Bertz CT molecular complexity index is 874. The van der Waals surface area contributed by atoms with Gasteiger partial charge in [-0.15, -0.1) is 0 Å². The van der Waals surface area contributed by atoms with Crippen molar-refractivity contribution in [1.82, 2.24) is 14.9 Å². The van der Waals surface area contributed by atoms with Crippen molar-refractivity contribution in [2.75, 3.05) is 49.1 Å². The number of hydrogen-bond acceptors (Lipinski definition) is 5. The zero-order valence-electron chi connectivity index (χ0n) is 16.6. The molecule has 8 heteroatoms. The van der Waals surface area contributed by atoms with E-state index < -0.39 is 5.82 Å². The fourth-order valence-corrected chi connectivity index (χ4v) is 4.18. The van der Waals surface area contributed by atoms with E-state index in [1.165, 1.54) is 31.4 Å². The molecule has 1 aromatic carbocycles. The highest BCUT2D eigenvalue weighted by Crippen LogP contribution is 2.24. The molecular weight excluding hydrogens is 393 g/mol.